The van der Waals surface area contributed by atoms with Gasteiger partial charge in [0.25, 0.3) is 5.56 Å². The van der Waals surface area contributed by atoms with Gasteiger partial charge < -0.3 is 15.6 Å². The quantitative estimate of drug-likeness (QED) is 0.301. The first-order chi connectivity index (χ1) is 11.2. The number of benzene rings is 1. The van der Waals surface area contributed by atoms with Crippen molar-refractivity contribution in [3.63, 3.8) is 0 Å². The number of rotatable bonds is 7. The minimum Gasteiger partial charge on any atom is -0.370 e. The molecular weight excluding hydrogens is 415 g/mol. The fourth-order valence-electron chi connectivity index (χ4n) is 2.16. The van der Waals surface area contributed by atoms with E-state index in [0.29, 0.717) is 19.0 Å². The predicted octanol–water partition coefficient (Wildman–Crippen LogP) is 2.72. The van der Waals surface area contributed by atoms with Crippen LogP contribution in [0, 0.1) is 0 Å². The van der Waals surface area contributed by atoms with E-state index >= 15 is 0 Å². The third kappa shape index (κ3) is 6.74. The van der Waals surface area contributed by atoms with Crippen LogP contribution in [0.1, 0.15) is 30.9 Å². The van der Waals surface area contributed by atoms with E-state index in [1.54, 1.807) is 22.9 Å². The van der Waals surface area contributed by atoms with Crippen molar-refractivity contribution in [2.45, 2.75) is 32.9 Å². The highest BCUT2D eigenvalue weighted by atomic mass is 127. The summed E-state index contributed by atoms with van der Waals surface area (Å²) >= 11 is 0. The van der Waals surface area contributed by atoms with Crippen molar-refractivity contribution in [3.05, 3.63) is 70.1 Å². The second-order valence-corrected chi connectivity index (χ2v) is 5.47. The molecule has 0 saturated heterocycles. The highest BCUT2D eigenvalue weighted by Gasteiger charge is 1.98. The van der Waals surface area contributed by atoms with Crippen LogP contribution in [0.4, 0.5) is 0 Å². The van der Waals surface area contributed by atoms with Crippen LogP contribution in [0.2, 0.25) is 0 Å². The topological polar surface area (TPSA) is 72.4 Å². The third-order valence-electron chi connectivity index (χ3n) is 3.54. The Morgan fingerprint density at radius 3 is 2.54 bits per heavy atom. The molecule has 0 aliphatic rings. The molecule has 0 spiro atoms. The molecule has 1 heterocycles. The van der Waals surface area contributed by atoms with Crippen LogP contribution < -0.4 is 16.6 Å². The van der Waals surface area contributed by atoms with E-state index in [1.807, 2.05) is 30.3 Å². The van der Waals surface area contributed by atoms with Crippen LogP contribution in [0.15, 0.2) is 58.4 Å². The molecule has 6 heteroatoms. The molecule has 0 saturated carbocycles. The van der Waals surface area contributed by atoms with Crippen molar-refractivity contribution in [2.75, 3.05) is 6.54 Å². The standard InChI is InChI=1S/C18H24N4O.HI/c1-2-3-11-20-18(19)21-13-15-7-9-16(10-8-15)14-22-12-5-4-6-17(22)23;/h4-10,12H,2-3,11,13-14H2,1H3,(H3,19,20,21);1H. The number of hydrogen-bond acceptors (Lipinski definition) is 2. The maximum Gasteiger partial charge on any atom is 0.250 e. The van der Waals surface area contributed by atoms with Crippen LogP contribution in [0.3, 0.4) is 0 Å². The number of unbranched alkanes of at least 4 members (excludes halogenated alkanes) is 1. The summed E-state index contributed by atoms with van der Waals surface area (Å²) in [6, 6.07) is 13.3. The summed E-state index contributed by atoms with van der Waals surface area (Å²) in [6.45, 7) is 4.12. The van der Waals surface area contributed by atoms with Crippen LogP contribution in [0.25, 0.3) is 0 Å². The van der Waals surface area contributed by atoms with Gasteiger partial charge in [-0.25, -0.2) is 4.99 Å². The zero-order valence-electron chi connectivity index (χ0n) is 13.9. The van der Waals surface area contributed by atoms with Crippen molar-refractivity contribution in [1.29, 1.82) is 0 Å². The van der Waals surface area contributed by atoms with Gasteiger partial charge in [-0.05, 0) is 23.6 Å². The normalized spacial score (nSPS) is 11.0. The summed E-state index contributed by atoms with van der Waals surface area (Å²) in [7, 11) is 0. The number of nitrogens with zero attached hydrogens (tertiary/aromatic N) is 2. The van der Waals surface area contributed by atoms with Crippen LogP contribution in [-0.2, 0) is 13.1 Å². The molecular formula is C18H25IN4O. The van der Waals surface area contributed by atoms with Gasteiger partial charge in [-0.3, -0.25) is 4.79 Å². The Bertz CT molecular complexity index is 695. The highest BCUT2D eigenvalue weighted by molar-refractivity contribution is 14.0. The summed E-state index contributed by atoms with van der Waals surface area (Å²) in [5.41, 5.74) is 7.99. The monoisotopic (exact) mass is 440 g/mol. The van der Waals surface area contributed by atoms with E-state index in [9.17, 15) is 4.79 Å². The van der Waals surface area contributed by atoms with Crippen molar-refractivity contribution in [1.82, 2.24) is 9.88 Å². The Morgan fingerprint density at radius 1 is 1.17 bits per heavy atom. The van der Waals surface area contributed by atoms with Gasteiger partial charge in [0.05, 0.1) is 13.1 Å². The first-order valence-electron chi connectivity index (χ1n) is 7.96. The number of nitrogens with one attached hydrogen (secondary N) is 1. The number of nitrogens with two attached hydrogens (primary N) is 1. The van der Waals surface area contributed by atoms with Crippen LogP contribution >= 0.6 is 24.0 Å². The van der Waals surface area contributed by atoms with Gasteiger partial charge in [-0.15, -0.1) is 24.0 Å². The van der Waals surface area contributed by atoms with Gasteiger partial charge >= 0.3 is 0 Å². The lowest BCUT2D eigenvalue weighted by molar-refractivity contribution is 0.748. The summed E-state index contributed by atoms with van der Waals surface area (Å²) in [4.78, 5) is 16.0. The van der Waals surface area contributed by atoms with Crippen molar-refractivity contribution < 1.29 is 0 Å². The zero-order valence-corrected chi connectivity index (χ0v) is 16.3. The number of hydrogen-bond donors (Lipinski definition) is 2. The van der Waals surface area contributed by atoms with Crippen molar-refractivity contribution >= 4 is 29.9 Å². The second-order valence-electron chi connectivity index (χ2n) is 5.47. The summed E-state index contributed by atoms with van der Waals surface area (Å²) < 4.78 is 1.68. The van der Waals surface area contributed by atoms with E-state index in [1.165, 1.54) is 0 Å². The summed E-state index contributed by atoms with van der Waals surface area (Å²) in [5, 5.41) is 3.09. The number of pyridine rings is 1. The van der Waals surface area contributed by atoms with E-state index in [-0.39, 0.29) is 29.5 Å². The molecule has 0 aliphatic heterocycles. The van der Waals surface area contributed by atoms with Gasteiger partial charge in [-0.1, -0.05) is 43.7 Å². The maximum atomic E-state index is 11.7. The largest absolute Gasteiger partial charge is 0.370 e. The lowest BCUT2D eigenvalue weighted by atomic mass is 10.1. The Labute approximate surface area is 160 Å². The molecule has 5 nitrogen and oxygen atoms in total. The zero-order chi connectivity index (χ0) is 16.5. The Balaban J connectivity index is 0.00000288. The van der Waals surface area contributed by atoms with Gasteiger partial charge in [0.15, 0.2) is 5.96 Å². The maximum absolute atomic E-state index is 11.7. The second kappa shape index (κ2) is 10.9. The predicted molar refractivity (Wildman–Crippen MR) is 110 cm³/mol. The molecule has 0 unspecified atom stereocenters. The summed E-state index contributed by atoms with van der Waals surface area (Å²) in [5.74, 6) is 0.485. The SMILES string of the molecule is CCCCNC(N)=NCc1ccc(Cn2ccccc2=O)cc1.I. The van der Waals surface area contributed by atoms with E-state index in [2.05, 4.69) is 17.2 Å². The average Bonchev–Trinajstić information content (AvgIpc) is 2.56. The van der Waals surface area contributed by atoms with Gasteiger partial charge in [0, 0.05) is 18.8 Å². The molecule has 2 aromatic rings. The van der Waals surface area contributed by atoms with E-state index < -0.39 is 0 Å². The first-order valence-corrected chi connectivity index (χ1v) is 7.96. The number of aromatic nitrogens is 1. The van der Waals surface area contributed by atoms with Crippen molar-refractivity contribution in [2.24, 2.45) is 10.7 Å². The molecule has 130 valence electrons. The fraction of sp³-hybridized carbons (Fsp3) is 0.333. The molecule has 0 aliphatic carbocycles. The number of halogens is 1. The molecule has 24 heavy (non-hydrogen) atoms. The Morgan fingerprint density at radius 2 is 1.88 bits per heavy atom. The van der Waals surface area contributed by atoms with Crippen LogP contribution in [0.5, 0.6) is 0 Å². The fourth-order valence-corrected chi connectivity index (χ4v) is 2.16. The molecule has 3 N–H and O–H groups in total. The molecule has 0 bridgehead atoms. The number of aliphatic imine (C=N–C) groups is 1. The molecule has 0 atom stereocenters. The summed E-state index contributed by atoms with van der Waals surface area (Å²) in [6.07, 6.45) is 4.01. The van der Waals surface area contributed by atoms with E-state index in [0.717, 1.165) is 30.5 Å². The molecule has 1 aromatic carbocycles. The lowest BCUT2D eigenvalue weighted by Crippen LogP contribution is -2.32. The lowest BCUT2D eigenvalue weighted by Gasteiger charge is -2.07. The molecule has 0 fully saturated rings. The van der Waals surface area contributed by atoms with Gasteiger partial charge in [0.2, 0.25) is 0 Å². The van der Waals surface area contributed by atoms with Crippen LogP contribution in [-0.4, -0.2) is 17.1 Å². The smallest absolute Gasteiger partial charge is 0.250 e. The Kier molecular flexibility index (Phi) is 9.14. The molecule has 2 rings (SSSR count). The first kappa shape index (κ1) is 20.2. The molecule has 1 aromatic heterocycles. The van der Waals surface area contributed by atoms with E-state index in [4.69, 9.17) is 5.73 Å². The molecule has 0 radical (unpaired) electrons. The Hall–Kier alpha value is -1.83. The van der Waals surface area contributed by atoms with Crippen molar-refractivity contribution in [3.8, 4) is 0 Å². The minimum atomic E-state index is 0. The minimum absolute atomic E-state index is 0. The van der Waals surface area contributed by atoms with Gasteiger partial charge in [0.1, 0.15) is 0 Å². The number of guanidine groups is 1. The van der Waals surface area contributed by atoms with Gasteiger partial charge in [-0.2, -0.15) is 0 Å². The highest BCUT2D eigenvalue weighted by Crippen LogP contribution is 2.07. The average molecular weight is 440 g/mol. The molecule has 0 amide bonds. The third-order valence-corrected chi connectivity index (χ3v) is 3.54.